The molecule has 190 valence electrons. The highest BCUT2D eigenvalue weighted by molar-refractivity contribution is 5.86. The van der Waals surface area contributed by atoms with Crippen LogP contribution >= 0.6 is 0 Å². The van der Waals surface area contributed by atoms with Gasteiger partial charge in [-0.1, -0.05) is 47.6 Å². The number of rotatable bonds is 7. The zero-order valence-electron chi connectivity index (χ0n) is 21.0. The van der Waals surface area contributed by atoms with E-state index >= 15 is 0 Å². The van der Waals surface area contributed by atoms with Gasteiger partial charge in [-0.05, 0) is 61.1 Å². The molecular formula is C29H30N4O4. The molecule has 4 aromatic rings. The molecule has 8 heteroatoms. The van der Waals surface area contributed by atoms with Crippen molar-refractivity contribution in [3.05, 3.63) is 102 Å². The maximum Gasteiger partial charge on any atom is 0.414 e. The summed E-state index contributed by atoms with van der Waals surface area (Å²) in [5.74, 6) is 2.03. The molecule has 2 aromatic carbocycles. The summed E-state index contributed by atoms with van der Waals surface area (Å²) >= 11 is 0. The second-order valence-electron chi connectivity index (χ2n) is 9.34. The third kappa shape index (κ3) is 5.33. The summed E-state index contributed by atoms with van der Waals surface area (Å²) in [6.07, 6.45) is 6.16. The van der Waals surface area contributed by atoms with E-state index in [0.717, 1.165) is 35.4 Å². The Balaban J connectivity index is 1.32. The predicted molar refractivity (Wildman–Crippen MR) is 139 cm³/mol. The summed E-state index contributed by atoms with van der Waals surface area (Å²) in [7, 11) is 3.36. The van der Waals surface area contributed by atoms with Gasteiger partial charge in [-0.15, -0.1) is 0 Å². The number of nitrogens with zero attached hydrogens (tertiary/aromatic N) is 4. The number of pyridine rings is 1. The average Bonchev–Trinajstić information content (AvgIpc) is 3.43. The van der Waals surface area contributed by atoms with E-state index in [9.17, 15) is 4.79 Å². The van der Waals surface area contributed by atoms with Gasteiger partial charge >= 0.3 is 6.09 Å². The summed E-state index contributed by atoms with van der Waals surface area (Å²) in [5.41, 5.74) is 2.52. The van der Waals surface area contributed by atoms with E-state index in [1.807, 2.05) is 42.5 Å². The van der Waals surface area contributed by atoms with Gasteiger partial charge in [0.2, 0.25) is 5.89 Å². The highest BCUT2D eigenvalue weighted by Crippen LogP contribution is 2.44. The Morgan fingerprint density at radius 3 is 2.54 bits per heavy atom. The Morgan fingerprint density at radius 1 is 1.05 bits per heavy atom. The molecule has 37 heavy (non-hydrogen) atoms. The number of hydrogen-bond donors (Lipinski definition) is 0. The first-order valence-electron chi connectivity index (χ1n) is 12.4. The smallest absolute Gasteiger partial charge is 0.414 e. The van der Waals surface area contributed by atoms with Crippen molar-refractivity contribution in [3.8, 4) is 5.75 Å². The van der Waals surface area contributed by atoms with Crippen LogP contribution in [0.3, 0.4) is 0 Å². The van der Waals surface area contributed by atoms with E-state index < -0.39 is 5.41 Å². The minimum absolute atomic E-state index is 0.184. The fraction of sp³-hybridized carbons (Fsp3) is 0.310. The van der Waals surface area contributed by atoms with Gasteiger partial charge in [-0.3, -0.25) is 9.88 Å². The molecule has 1 fully saturated rings. The topological polar surface area (TPSA) is 90.6 Å². The summed E-state index contributed by atoms with van der Waals surface area (Å²) in [5, 5.41) is 4.44. The predicted octanol–water partition coefficient (Wildman–Crippen LogP) is 5.57. The number of carbonyl (C=O) groups is 1. The molecule has 1 aliphatic rings. The van der Waals surface area contributed by atoms with E-state index in [2.05, 4.69) is 22.3 Å². The lowest BCUT2D eigenvalue weighted by Crippen LogP contribution is -2.39. The van der Waals surface area contributed by atoms with E-state index in [1.165, 1.54) is 4.90 Å². The molecule has 0 spiro atoms. The standard InChI is InChI=1S/C29H30N4O4/c1-33(23-13-17-30-18-14-23)28(34)36-24-11-15-29(16-12-24,22-8-4-3-5-9-22)27-31-26(37-32-27)20-21-7-6-10-25(19-21)35-2/h3-10,13-14,17-19,24H,11-12,15-16,20H2,1-2H3. The van der Waals surface area contributed by atoms with Crippen LogP contribution in [0.2, 0.25) is 0 Å². The molecule has 2 aromatic heterocycles. The van der Waals surface area contributed by atoms with Crippen molar-refractivity contribution in [2.75, 3.05) is 19.1 Å². The van der Waals surface area contributed by atoms with Gasteiger partial charge in [0.05, 0.1) is 18.9 Å². The molecule has 0 aliphatic heterocycles. The first-order valence-corrected chi connectivity index (χ1v) is 12.4. The fourth-order valence-corrected chi connectivity index (χ4v) is 4.97. The van der Waals surface area contributed by atoms with E-state index in [0.29, 0.717) is 31.0 Å². The highest BCUT2D eigenvalue weighted by Gasteiger charge is 2.43. The van der Waals surface area contributed by atoms with Gasteiger partial charge < -0.3 is 14.0 Å². The van der Waals surface area contributed by atoms with Crippen molar-refractivity contribution >= 4 is 11.8 Å². The maximum atomic E-state index is 12.8. The summed E-state index contributed by atoms with van der Waals surface area (Å²) in [4.78, 5) is 23.1. The summed E-state index contributed by atoms with van der Waals surface area (Å²) in [6.45, 7) is 0. The molecule has 1 saturated carbocycles. The number of hydrogen-bond acceptors (Lipinski definition) is 7. The third-order valence-electron chi connectivity index (χ3n) is 7.09. The minimum Gasteiger partial charge on any atom is -0.497 e. The normalized spacial score (nSPS) is 19.2. The monoisotopic (exact) mass is 498 g/mol. The zero-order chi connectivity index (χ0) is 25.7. The number of aromatic nitrogens is 3. The molecule has 5 rings (SSSR count). The van der Waals surface area contributed by atoms with E-state index in [-0.39, 0.29) is 12.2 Å². The largest absolute Gasteiger partial charge is 0.497 e. The van der Waals surface area contributed by atoms with Gasteiger partial charge in [0.15, 0.2) is 5.82 Å². The molecule has 0 unspecified atom stereocenters. The van der Waals surface area contributed by atoms with Crippen LogP contribution in [0.4, 0.5) is 10.5 Å². The number of ether oxygens (including phenoxy) is 2. The first kappa shape index (κ1) is 24.5. The third-order valence-corrected chi connectivity index (χ3v) is 7.09. The molecule has 0 bridgehead atoms. The quantitative estimate of drug-likeness (QED) is 0.329. The van der Waals surface area contributed by atoms with Crippen LogP contribution in [-0.4, -0.2) is 41.5 Å². The maximum absolute atomic E-state index is 12.8. The number of amides is 1. The van der Waals surface area contributed by atoms with Crippen molar-refractivity contribution < 1.29 is 18.8 Å². The minimum atomic E-state index is -0.405. The van der Waals surface area contributed by atoms with Crippen molar-refractivity contribution in [2.24, 2.45) is 0 Å². The van der Waals surface area contributed by atoms with Crippen LogP contribution in [0, 0.1) is 0 Å². The van der Waals surface area contributed by atoms with Gasteiger partial charge in [0, 0.05) is 25.1 Å². The van der Waals surface area contributed by atoms with Crippen molar-refractivity contribution in [3.63, 3.8) is 0 Å². The zero-order valence-corrected chi connectivity index (χ0v) is 21.0. The van der Waals surface area contributed by atoms with E-state index in [4.69, 9.17) is 19.0 Å². The lowest BCUT2D eigenvalue weighted by molar-refractivity contribution is 0.0670. The van der Waals surface area contributed by atoms with E-state index in [1.54, 1.807) is 38.7 Å². The van der Waals surface area contributed by atoms with Crippen LogP contribution in [0.1, 0.15) is 48.5 Å². The Labute approximate surface area is 216 Å². The van der Waals surface area contributed by atoms with Gasteiger partial charge in [0.25, 0.3) is 0 Å². The Hall–Kier alpha value is -4.20. The number of anilines is 1. The molecule has 0 saturated heterocycles. The van der Waals surface area contributed by atoms with Gasteiger partial charge in [-0.25, -0.2) is 4.79 Å². The Bertz CT molecular complexity index is 1320. The lowest BCUT2D eigenvalue weighted by Gasteiger charge is -2.38. The SMILES string of the molecule is COc1cccc(Cc2nc(C3(c4ccccc4)CCC(OC(=O)N(C)c4ccncc4)CC3)no2)c1. The summed E-state index contributed by atoms with van der Waals surface area (Å²) in [6, 6.07) is 21.7. The molecule has 0 N–H and O–H groups in total. The second kappa shape index (κ2) is 10.8. The second-order valence-corrected chi connectivity index (χ2v) is 9.34. The van der Waals surface area contributed by atoms with Gasteiger partial charge in [-0.2, -0.15) is 4.98 Å². The fourth-order valence-electron chi connectivity index (χ4n) is 4.97. The number of methoxy groups -OCH3 is 1. The van der Waals surface area contributed by atoms with Crippen LogP contribution in [-0.2, 0) is 16.6 Å². The first-order chi connectivity index (χ1) is 18.1. The van der Waals surface area contributed by atoms with Crippen molar-refractivity contribution in [1.29, 1.82) is 0 Å². The molecule has 1 aliphatic carbocycles. The summed E-state index contributed by atoms with van der Waals surface area (Å²) < 4.78 is 16.9. The number of carbonyl (C=O) groups excluding carboxylic acids is 1. The van der Waals surface area contributed by atoms with Crippen LogP contribution in [0.15, 0.2) is 83.6 Å². The molecular weight excluding hydrogens is 468 g/mol. The van der Waals surface area contributed by atoms with Crippen LogP contribution < -0.4 is 9.64 Å². The number of benzene rings is 2. The lowest BCUT2D eigenvalue weighted by atomic mass is 9.68. The van der Waals surface area contributed by atoms with Crippen LogP contribution in [0.25, 0.3) is 0 Å². The molecule has 0 radical (unpaired) electrons. The molecule has 8 nitrogen and oxygen atoms in total. The average molecular weight is 499 g/mol. The highest BCUT2D eigenvalue weighted by atomic mass is 16.6. The molecule has 1 amide bonds. The molecule has 2 heterocycles. The Morgan fingerprint density at radius 2 is 1.81 bits per heavy atom. The van der Waals surface area contributed by atoms with Gasteiger partial charge in [0.1, 0.15) is 11.9 Å². The molecule has 0 atom stereocenters. The van der Waals surface area contributed by atoms with Crippen molar-refractivity contribution in [1.82, 2.24) is 15.1 Å². The van der Waals surface area contributed by atoms with Crippen LogP contribution in [0.5, 0.6) is 5.75 Å². The Kier molecular flexibility index (Phi) is 7.16. The van der Waals surface area contributed by atoms with Crippen molar-refractivity contribution in [2.45, 2.75) is 43.6 Å².